The molecular formula is C13H24N2O. The van der Waals surface area contributed by atoms with Gasteiger partial charge < -0.3 is 9.80 Å². The van der Waals surface area contributed by atoms with E-state index >= 15 is 0 Å². The number of amides is 1. The summed E-state index contributed by atoms with van der Waals surface area (Å²) in [6.07, 6.45) is 5.09. The topological polar surface area (TPSA) is 23.6 Å². The quantitative estimate of drug-likeness (QED) is 0.713. The zero-order valence-corrected chi connectivity index (χ0v) is 10.6. The van der Waals surface area contributed by atoms with E-state index in [9.17, 15) is 4.79 Å². The lowest BCUT2D eigenvalue weighted by Crippen LogP contribution is -2.46. The maximum atomic E-state index is 11.8. The third-order valence-corrected chi connectivity index (χ3v) is 3.93. The Labute approximate surface area is 98.8 Å². The molecule has 3 nitrogen and oxygen atoms in total. The van der Waals surface area contributed by atoms with Gasteiger partial charge in [0.2, 0.25) is 5.91 Å². The van der Waals surface area contributed by atoms with Crippen LogP contribution >= 0.6 is 0 Å². The van der Waals surface area contributed by atoms with Gasteiger partial charge in [0.25, 0.3) is 0 Å². The molecule has 0 radical (unpaired) electrons. The van der Waals surface area contributed by atoms with Crippen molar-refractivity contribution in [1.82, 2.24) is 9.80 Å². The van der Waals surface area contributed by atoms with E-state index in [1.807, 2.05) is 13.8 Å². The van der Waals surface area contributed by atoms with Crippen molar-refractivity contribution >= 4 is 5.91 Å². The summed E-state index contributed by atoms with van der Waals surface area (Å²) in [5.41, 5.74) is 0. The Balaban J connectivity index is 1.80. The first-order valence-electron chi connectivity index (χ1n) is 6.71. The highest BCUT2D eigenvalue weighted by Gasteiger charge is 2.28. The summed E-state index contributed by atoms with van der Waals surface area (Å²) < 4.78 is 0. The number of likely N-dealkylation sites (tertiary alicyclic amines) is 2. The van der Waals surface area contributed by atoms with Gasteiger partial charge in [0.15, 0.2) is 0 Å². The van der Waals surface area contributed by atoms with Gasteiger partial charge in [-0.25, -0.2) is 0 Å². The smallest absolute Gasteiger partial charge is 0.225 e. The maximum absolute atomic E-state index is 11.8. The molecule has 92 valence electrons. The Morgan fingerprint density at radius 2 is 1.62 bits per heavy atom. The fourth-order valence-electron chi connectivity index (χ4n) is 2.92. The van der Waals surface area contributed by atoms with E-state index in [2.05, 4.69) is 9.80 Å². The molecule has 1 amide bonds. The molecule has 0 spiro atoms. The molecule has 0 bridgehead atoms. The lowest BCUT2D eigenvalue weighted by molar-refractivity contribution is -0.136. The molecule has 2 heterocycles. The molecular weight excluding hydrogens is 200 g/mol. The molecule has 16 heavy (non-hydrogen) atoms. The summed E-state index contributed by atoms with van der Waals surface area (Å²) >= 11 is 0. The second-order valence-electron chi connectivity index (χ2n) is 5.45. The lowest BCUT2D eigenvalue weighted by atomic mass is 10.0. The summed E-state index contributed by atoms with van der Waals surface area (Å²) in [4.78, 5) is 16.5. The van der Waals surface area contributed by atoms with E-state index in [1.165, 1.54) is 38.8 Å². The van der Waals surface area contributed by atoms with Crippen LogP contribution in [0.2, 0.25) is 0 Å². The summed E-state index contributed by atoms with van der Waals surface area (Å²) in [5.74, 6) is 0.489. The van der Waals surface area contributed by atoms with Gasteiger partial charge in [0.05, 0.1) is 0 Å². The zero-order valence-electron chi connectivity index (χ0n) is 10.6. The summed E-state index contributed by atoms with van der Waals surface area (Å²) in [5, 5.41) is 0. The number of carbonyl (C=O) groups is 1. The third kappa shape index (κ3) is 2.57. The van der Waals surface area contributed by atoms with Crippen molar-refractivity contribution in [1.29, 1.82) is 0 Å². The molecule has 2 saturated heterocycles. The van der Waals surface area contributed by atoms with E-state index < -0.39 is 0 Å². The average Bonchev–Trinajstić information content (AvgIpc) is 2.81. The first-order valence-corrected chi connectivity index (χ1v) is 6.71. The largest absolute Gasteiger partial charge is 0.342 e. The monoisotopic (exact) mass is 224 g/mol. The van der Waals surface area contributed by atoms with Gasteiger partial charge in [-0.2, -0.15) is 0 Å². The first-order chi connectivity index (χ1) is 7.68. The molecule has 0 N–H and O–H groups in total. The number of nitrogens with zero attached hydrogens (tertiary/aromatic N) is 2. The molecule has 2 aliphatic rings. The predicted octanol–water partition coefficient (Wildman–Crippen LogP) is 1.73. The Morgan fingerprint density at radius 1 is 1.06 bits per heavy atom. The van der Waals surface area contributed by atoms with E-state index in [4.69, 9.17) is 0 Å². The van der Waals surface area contributed by atoms with Crippen LogP contribution in [0.15, 0.2) is 0 Å². The highest BCUT2D eigenvalue weighted by molar-refractivity contribution is 5.78. The Morgan fingerprint density at radius 3 is 2.12 bits per heavy atom. The predicted molar refractivity (Wildman–Crippen MR) is 65.2 cm³/mol. The minimum absolute atomic E-state index is 0.156. The van der Waals surface area contributed by atoms with Crippen molar-refractivity contribution in [2.45, 2.75) is 45.6 Å². The molecule has 0 aromatic heterocycles. The number of hydrogen-bond acceptors (Lipinski definition) is 2. The van der Waals surface area contributed by atoms with Crippen molar-refractivity contribution < 1.29 is 4.79 Å². The van der Waals surface area contributed by atoms with E-state index in [0.29, 0.717) is 5.91 Å². The average molecular weight is 224 g/mol. The lowest BCUT2D eigenvalue weighted by Gasteiger charge is -2.37. The van der Waals surface area contributed by atoms with Crippen molar-refractivity contribution in [3.05, 3.63) is 0 Å². The summed E-state index contributed by atoms with van der Waals surface area (Å²) in [7, 11) is 0. The van der Waals surface area contributed by atoms with Gasteiger partial charge in [-0.3, -0.25) is 4.79 Å². The van der Waals surface area contributed by atoms with Gasteiger partial charge >= 0.3 is 0 Å². The van der Waals surface area contributed by atoms with Crippen LogP contribution in [-0.2, 0) is 4.79 Å². The van der Waals surface area contributed by atoms with Crippen LogP contribution in [-0.4, -0.2) is 47.9 Å². The van der Waals surface area contributed by atoms with Gasteiger partial charge in [-0.05, 0) is 38.8 Å². The zero-order chi connectivity index (χ0) is 11.5. The minimum atomic E-state index is 0.156. The van der Waals surface area contributed by atoms with Gasteiger partial charge in [-0.1, -0.05) is 13.8 Å². The molecule has 0 atom stereocenters. The van der Waals surface area contributed by atoms with E-state index in [0.717, 1.165) is 19.1 Å². The van der Waals surface area contributed by atoms with Crippen LogP contribution < -0.4 is 0 Å². The Hall–Kier alpha value is -0.570. The first kappa shape index (κ1) is 11.9. The fourth-order valence-corrected chi connectivity index (χ4v) is 2.92. The van der Waals surface area contributed by atoms with Crippen LogP contribution in [0.1, 0.15) is 39.5 Å². The molecule has 2 rings (SSSR count). The Bertz CT molecular complexity index is 238. The SMILES string of the molecule is CC(C)C(=O)N1CCC(N2CCCC2)CC1. The van der Waals surface area contributed by atoms with Crippen molar-refractivity contribution in [3.8, 4) is 0 Å². The number of piperidine rings is 1. The fraction of sp³-hybridized carbons (Fsp3) is 0.923. The summed E-state index contributed by atoms with van der Waals surface area (Å²) in [6.45, 7) is 8.49. The third-order valence-electron chi connectivity index (χ3n) is 3.93. The standard InChI is InChI=1S/C13H24N2O/c1-11(2)13(16)15-9-5-12(6-10-15)14-7-3-4-8-14/h11-12H,3-10H2,1-2H3. The van der Waals surface area contributed by atoms with Crippen molar-refractivity contribution in [3.63, 3.8) is 0 Å². The molecule has 0 aromatic carbocycles. The van der Waals surface area contributed by atoms with Gasteiger partial charge in [0.1, 0.15) is 0 Å². The minimum Gasteiger partial charge on any atom is -0.342 e. The van der Waals surface area contributed by atoms with Crippen molar-refractivity contribution in [2.75, 3.05) is 26.2 Å². The van der Waals surface area contributed by atoms with Gasteiger partial charge in [0, 0.05) is 25.0 Å². The highest BCUT2D eigenvalue weighted by Crippen LogP contribution is 2.21. The molecule has 0 aliphatic carbocycles. The normalized spacial score (nSPS) is 24.3. The molecule has 3 heteroatoms. The van der Waals surface area contributed by atoms with E-state index in [1.54, 1.807) is 0 Å². The van der Waals surface area contributed by atoms with Crippen LogP contribution in [0.5, 0.6) is 0 Å². The summed E-state index contributed by atoms with van der Waals surface area (Å²) in [6, 6.07) is 0.749. The second kappa shape index (κ2) is 5.17. The van der Waals surface area contributed by atoms with Crippen molar-refractivity contribution in [2.24, 2.45) is 5.92 Å². The molecule has 2 aliphatic heterocycles. The Kier molecular flexibility index (Phi) is 3.85. The van der Waals surface area contributed by atoms with Crippen LogP contribution in [0.25, 0.3) is 0 Å². The molecule has 0 unspecified atom stereocenters. The number of rotatable bonds is 2. The van der Waals surface area contributed by atoms with Crippen LogP contribution in [0.4, 0.5) is 0 Å². The molecule has 0 aromatic rings. The van der Waals surface area contributed by atoms with Gasteiger partial charge in [-0.15, -0.1) is 0 Å². The second-order valence-corrected chi connectivity index (χ2v) is 5.45. The molecule has 2 fully saturated rings. The van der Waals surface area contributed by atoms with Crippen LogP contribution in [0, 0.1) is 5.92 Å². The van der Waals surface area contributed by atoms with E-state index in [-0.39, 0.29) is 5.92 Å². The number of carbonyl (C=O) groups excluding carboxylic acids is 1. The molecule has 0 saturated carbocycles. The highest BCUT2D eigenvalue weighted by atomic mass is 16.2. The van der Waals surface area contributed by atoms with Crippen LogP contribution in [0.3, 0.4) is 0 Å². The number of hydrogen-bond donors (Lipinski definition) is 0. The maximum Gasteiger partial charge on any atom is 0.225 e.